The van der Waals surface area contributed by atoms with Crippen LogP contribution in [-0.4, -0.2) is 49.1 Å². The molecule has 6 atom stereocenters. The minimum absolute atomic E-state index is 0.0330. The number of allylic oxidation sites excluding steroid dienone is 3. The van der Waals surface area contributed by atoms with Crippen LogP contribution in [0.2, 0.25) is 0 Å². The summed E-state index contributed by atoms with van der Waals surface area (Å²) >= 11 is 6.99. The molecule has 3 aliphatic carbocycles. The molecule has 3 fully saturated rings. The number of piperidine rings is 1. The highest BCUT2D eigenvalue weighted by Crippen LogP contribution is 2.66. The number of halogens is 1. The van der Waals surface area contributed by atoms with Crippen molar-refractivity contribution in [2.45, 2.75) is 71.6 Å². The van der Waals surface area contributed by atoms with Crippen molar-refractivity contribution >= 4 is 35.6 Å². The number of aliphatic imine (C=N–C) groups is 2. The first kappa shape index (κ1) is 25.5. The Morgan fingerprint density at radius 3 is 2.92 bits per heavy atom. The fourth-order valence-electron chi connectivity index (χ4n) is 8.38. The zero-order valence-electron chi connectivity index (χ0n) is 21.9. The molecule has 0 spiro atoms. The summed E-state index contributed by atoms with van der Waals surface area (Å²) < 4.78 is 0. The second-order valence-electron chi connectivity index (χ2n) is 11.9. The number of likely N-dealkylation sites (tertiary alicyclic amines) is 1. The van der Waals surface area contributed by atoms with Gasteiger partial charge in [0.2, 0.25) is 11.8 Å². The average molecular weight is 514 g/mol. The number of nitrogens with zero attached hydrogens (tertiary/aromatic N) is 3. The van der Waals surface area contributed by atoms with Crippen LogP contribution in [0.5, 0.6) is 0 Å². The Morgan fingerprint density at radius 1 is 1.25 bits per heavy atom. The quantitative estimate of drug-likeness (QED) is 0.566. The Labute approximate surface area is 219 Å². The molecule has 0 aromatic rings. The summed E-state index contributed by atoms with van der Waals surface area (Å²) in [7, 11) is 1.90. The largest absolute Gasteiger partial charge is 0.353 e. The van der Waals surface area contributed by atoms with Gasteiger partial charge >= 0.3 is 0 Å². The standard InChI is InChI=1S/C28H40ClN5O2/c1-27-11-9-21-19(16-22(29)25-28(21,2)12-10-24(36)34(25)3)20(27)8-6-7-18(27)15-23(35)33-26-31-14-5-4-13-30-17-32-26/h4-5,13,18-21H,6-12,14-17H2,1-3H3,(H2,31,32,33,35)/b5-4-,30-13-/t18?,19?,20?,21?,27-,28-/m1/s1. The Balaban J connectivity index is 1.33. The normalized spacial score (nSPS) is 41.7. The molecule has 1 saturated heterocycles. The molecule has 4 unspecified atom stereocenters. The van der Waals surface area contributed by atoms with Gasteiger partial charge in [-0.3, -0.25) is 19.9 Å². The van der Waals surface area contributed by atoms with Crippen LogP contribution in [0.1, 0.15) is 71.6 Å². The van der Waals surface area contributed by atoms with E-state index in [-0.39, 0.29) is 22.6 Å². The van der Waals surface area contributed by atoms with Gasteiger partial charge in [-0.2, -0.15) is 0 Å². The first-order chi connectivity index (χ1) is 17.2. The Bertz CT molecular complexity index is 1030. The molecule has 0 radical (unpaired) electrons. The fraction of sp³-hybridized carbons (Fsp3) is 0.714. The summed E-state index contributed by atoms with van der Waals surface area (Å²) in [6.07, 6.45) is 14.2. The van der Waals surface area contributed by atoms with E-state index >= 15 is 0 Å². The van der Waals surface area contributed by atoms with E-state index in [0.717, 1.165) is 49.3 Å². The number of nitrogens with one attached hydrogen (secondary N) is 2. The van der Waals surface area contributed by atoms with Gasteiger partial charge in [-0.05, 0) is 73.7 Å². The van der Waals surface area contributed by atoms with Crippen LogP contribution >= 0.6 is 11.6 Å². The van der Waals surface area contributed by atoms with Gasteiger partial charge in [0.25, 0.3) is 0 Å². The molecular formula is C28H40ClN5O2. The van der Waals surface area contributed by atoms with Crippen LogP contribution in [0, 0.1) is 34.5 Å². The predicted octanol–water partition coefficient (Wildman–Crippen LogP) is 4.60. The van der Waals surface area contributed by atoms with Crippen molar-refractivity contribution in [3.63, 3.8) is 0 Å². The van der Waals surface area contributed by atoms with Gasteiger partial charge in [0.15, 0.2) is 5.96 Å². The molecule has 2 aliphatic heterocycles. The van der Waals surface area contributed by atoms with Gasteiger partial charge in [-0.25, -0.2) is 4.99 Å². The summed E-state index contributed by atoms with van der Waals surface area (Å²) in [5, 5.41) is 7.08. The lowest BCUT2D eigenvalue weighted by atomic mass is 9.44. The maximum absolute atomic E-state index is 13.2. The van der Waals surface area contributed by atoms with Gasteiger partial charge in [0.05, 0.1) is 0 Å². The number of guanidine groups is 1. The SMILES string of the molecule is CN1C(=O)CC[C@@]2(C)C1=C(Cl)CC1C3CCCC(CC(=O)N/C4=N/C/N=C\C=C/CN4)[C@@]3(C)CCC12. The zero-order valence-corrected chi connectivity index (χ0v) is 22.6. The number of carbonyl (C=O) groups is 2. The zero-order chi connectivity index (χ0) is 25.5. The molecule has 2 heterocycles. The minimum atomic E-state index is -0.0357. The third-order valence-electron chi connectivity index (χ3n) is 10.2. The molecular weight excluding hydrogens is 474 g/mol. The van der Waals surface area contributed by atoms with E-state index in [2.05, 4.69) is 34.5 Å². The van der Waals surface area contributed by atoms with Crippen molar-refractivity contribution in [2.75, 3.05) is 20.3 Å². The molecule has 0 aromatic heterocycles. The lowest BCUT2D eigenvalue weighted by Crippen LogP contribution is -2.56. The monoisotopic (exact) mass is 513 g/mol. The molecule has 0 bridgehead atoms. The Morgan fingerprint density at radius 2 is 2.08 bits per heavy atom. The average Bonchev–Trinajstić information content (AvgIpc) is 2.96. The summed E-state index contributed by atoms with van der Waals surface area (Å²) in [4.78, 5) is 36.1. The van der Waals surface area contributed by atoms with E-state index in [1.807, 2.05) is 24.1 Å². The van der Waals surface area contributed by atoms with Gasteiger partial charge in [-0.15, -0.1) is 0 Å². The lowest BCUT2D eigenvalue weighted by molar-refractivity contribution is -0.139. The second kappa shape index (κ2) is 9.96. The van der Waals surface area contributed by atoms with Crippen molar-refractivity contribution < 1.29 is 9.59 Å². The second-order valence-corrected chi connectivity index (χ2v) is 12.4. The van der Waals surface area contributed by atoms with Gasteiger partial charge < -0.3 is 10.2 Å². The molecule has 8 heteroatoms. The van der Waals surface area contributed by atoms with Gasteiger partial charge in [0, 0.05) is 48.8 Å². The molecule has 2 N–H and O–H groups in total. The Kier molecular flexibility index (Phi) is 7.05. The van der Waals surface area contributed by atoms with Crippen molar-refractivity contribution in [3.05, 3.63) is 22.9 Å². The number of rotatable bonds is 2. The molecule has 36 heavy (non-hydrogen) atoms. The number of hydrogen-bond donors (Lipinski definition) is 2. The van der Waals surface area contributed by atoms with Gasteiger partial charge in [-0.1, -0.05) is 37.9 Å². The summed E-state index contributed by atoms with van der Waals surface area (Å²) in [5.41, 5.74) is 1.17. The van der Waals surface area contributed by atoms with Crippen LogP contribution in [0.4, 0.5) is 0 Å². The molecule has 2 saturated carbocycles. The summed E-state index contributed by atoms with van der Waals surface area (Å²) in [6.45, 7) is 5.69. The van der Waals surface area contributed by atoms with E-state index < -0.39 is 0 Å². The van der Waals surface area contributed by atoms with E-state index in [4.69, 9.17) is 11.6 Å². The van der Waals surface area contributed by atoms with Crippen molar-refractivity contribution in [3.8, 4) is 0 Å². The van der Waals surface area contributed by atoms with Crippen molar-refractivity contribution in [1.29, 1.82) is 0 Å². The number of amides is 2. The number of hydrogen-bond acceptors (Lipinski definition) is 5. The topological polar surface area (TPSA) is 86.2 Å². The third kappa shape index (κ3) is 4.42. The van der Waals surface area contributed by atoms with E-state index in [9.17, 15) is 9.59 Å². The molecule has 196 valence electrons. The summed E-state index contributed by atoms with van der Waals surface area (Å²) in [6, 6.07) is 0. The van der Waals surface area contributed by atoms with E-state index in [1.165, 1.54) is 6.42 Å². The van der Waals surface area contributed by atoms with Crippen molar-refractivity contribution in [2.24, 2.45) is 44.5 Å². The first-order valence-corrected chi connectivity index (χ1v) is 14.0. The smallest absolute Gasteiger partial charge is 0.226 e. The third-order valence-corrected chi connectivity index (χ3v) is 10.5. The Hall–Kier alpha value is -2.15. The highest BCUT2D eigenvalue weighted by Gasteiger charge is 2.59. The molecule has 7 nitrogen and oxygen atoms in total. The molecule has 5 rings (SSSR count). The maximum Gasteiger partial charge on any atom is 0.226 e. The molecule has 2 amide bonds. The highest BCUT2D eigenvalue weighted by atomic mass is 35.5. The molecule has 5 aliphatic rings. The maximum atomic E-state index is 13.2. The highest BCUT2D eigenvalue weighted by molar-refractivity contribution is 6.30. The number of fused-ring (bicyclic) bond motifs is 5. The van der Waals surface area contributed by atoms with E-state index in [0.29, 0.717) is 55.7 Å². The lowest BCUT2D eigenvalue weighted by Gasteiger charge is -2.62. The van der Waals surface area contributed by atoms with E-state index in [1.54, 1.807) is 6.21 Å². The van der Waals surface area contributed by atoms with Crippen LogP contribution in [0.3, 0.4) is 0 Å². The van der Waals surface area contributed by atoms with Crippen LogP contribution in [0.15, 0.2) is 32.9 Å². The first-order valence-electron chi connectivity index (χ1n) is 13.6. The fourth-order valence-corrected chi connectivity index (χ4v) is 8.90. The number of carbonyl (C=O) groups excluding carboxylic acids is 2. The summed E-state index contributed by atoms with van der Waals surface area (Å²) in [5.74, 6) is 2.68. The van der Waals surface area contributed by atoms with Gasteiger partial charge in [0.1, 0.15) is 6.67 Å². The van der Waals surface area contributed by atoms with Crippen LogP contribution in [0.25, 0.3) is 0 Å². The predicted molar refractivity (Wildman–Crippen MR) is 143 cm³/mol. The molecule has 0 aromatic carbocycles. The minimum Gasteiger partial charge on any atom is -0.353 e. The van der Waals surface area contributed by atoms with Crippen molar-refractivity contribution in [1.82, 2.24) is 15.5 Å². The van der Waals surface area contributed by atoms with Crippen LogP contribution < -0.4 is 10.6 Å². The van der Waals surface area contributed by atoms with Crippen LogP contribution in [-0.2, 0) is 9.59 Å².